The van der Waals surface area contributed by atoms with Crippen molar-refractivity contribution in [3.05, 3.63) is 0 Å². The van der Waals surface area contributed by atoms with Crippen LogP contribution in [-0.2, 0) is 4.79 Å². The van der Waals surface area contributed by atoms with Gasteiger partial charge in [-0.25, -0.2) is 5.10 Å². The van der Waals surface area contributed by atoms with Crippen molar-refractivity contribution in [3.8, 4) is 0 Å². The maximum absolute atomic E-state index is 12.5. The van der Waals surface area contributed by atoms with Crippen LogP contribution < -0.4 is 10.2 Å². The molecule has 24 heavy (non-hydrogen) atoms. The molecule has 1 aliphatic carbocycles. The van der Waals surface area contributed by atoms with E-state index in [1.807, 2.05) is 0 Å². The molecule has 1 aliphatic heterocycles. The van der Waals surface area contributed by atoms with E-state index in [-0.39, 0.29) is 11.8 Å². The molecule has 2 fully saturated rings. The van der Waals surface area contributed by atoms with Crippen molar-refractivity contribution in [2.75, 3.05) is 23.3 Å². The number of nitrogens with one attached hydrogen (secondary N) is 2. The van der Waals surface area contributed by atoms with Gasteiger partial charge in [-0.05, 0) is 56.3 Å². The molecule has 1 aromatic rings. The van der Waals surface area contributed by atoms with Gasteiger partial charge in [-0.2, -0.15) is 4.98 Å². The first-order valence-electron chi connectivity index (χ1n) is 9.41. The van der Waals surface area contributed by atoms with Crippen LogP contribution in [0.3, 0.4) is 0 Å². The van der Waals surface area contributed by atoms with Gasteiger partial charge in [0.25, 0.3) is 0 Å². The van der Waals surface area contributed by atoms with Gasteiger partial charge in [0.05, 0.1) is 0 Å². The van der Waals surface area contributed by atoms with Crippen molar-refractivity contribution in [1.29, 1.82) is 0 Å². The number of hydrogen-bond donors (Lipinski definition) is 2. The summed E-state index contributed by atoms with van der Waals surface area (Å²) in [6.07, 6.45) is 7.87. The zero-order valence-corrected chi connectivity index (χ0v) is 15.3. The lowest BCUT2D eigenvalue weighted by Gasteiger charge is -2.36. The van der Waals surface area contributed by atoms with Gasteiger partial charge >= 0.3 is 0 Å². The minimum atomic E-state index is 0.0868. The second kappa shape index (κ2) is 7.11. The molecule has 0 spiro atoms. The monoisotopic (exact) mass is 333 g/mol. The van der Waals surface area contributed by atoms with Crippen LogP contribution in [0.5, 0.6) is 0 Å². The lowest BCUT2D eigenvalue weighted by Crippen LogP contribution is -2.32. The van der Waals surface area contributed by atoms with Crippen molar-refractivity contribution in [1.82, 2.24) is 15.2 Å². The topological polar surface area (TPSA) is 73.9 Å². The van der Waals surface area contributed by atoms with E-state index in [0.29, 0.717) is 17.3 Å². The van der Waals surface area contributed by atoms with Crippen LogP contribution in [0.15, 0.2) is 0 Å². The summed E-state index contributed by atoms with van der Waals surface area (Å²) >= 11 is 0. The van der Waals surface area contributed by atoms with Crippen molar-refractivity contribution in [3.63, 3.8) is 0 Å². The summed E-state index contributed by atoms with van der Waals surface area (Å²) in [4.78, 5) is 19.1. The number of rotatable bonds is 3. The van der Waals surface area contributed by atoms with Crippen LogP contribution in [0.1, 0.15) is 65.7 Å². The normalized spacial score (nSPS) is 25.5. The summed E-state index contributed by atoms with van der Waals surface area (Å²) < 4.78 is 0. The first-order valence-corrected chi connectivity index (χ1v) is 9.41. The van der Waals surface area contributed by atoms with Crippen LogP contribution in [0, 0.1) is 17.3 Å². The lowest BCUT2D eigenvalue weighted by molar-refractivity contribution is -0.121. The molecule has 6 heteroatoms. The molecule has 1 saturated heterocycles. The lowest BCUT2D eigenvalue weighted by atomic mass is 9.70. The molecule has 1 amide bonds. The molecule has 134 valence electrons. The zero-order valence-electron chi connectivity index (χ0n) is 15.3. The number of anilines is 2. The van der Waals surface area contributed by atoms with Crippen molar-refractivity contribution in [2.24, 2.45) is 17.3 Å². The average molecular weight is 333 g/mol. The molecule has 0 bridgehead atoms. The minimum Gasteiger partial charge on any atom is -0.340 e. The fraction of sp³-hybridized carbons (Fsp3) is 0.833. The number of amides is 1. The number of H-pyrrole nitrogens is 1. The summed E-state index contributed by atoms with van der Waals surface area (Å²) in [7, 11) is 0. The van der Waals surface area contributed by atoms with Crippen LogP contribution in [0.2, 0.25) is 0 Å². The van der Waals surface area contributed by atoms with Gasteiger partial charge in [-0.3, -0.25) is 10.1 Å². The second-order valence-electron chi connectivity index (χ2n) is 8.44. The Balaban J connectivity index is 1.51. The Bertz CT molecular complexity index is 548. The van der Waals surface area contributed by atoms with Crippen LogP contribution >= 0.6 is 0 Å². The Kier molecular flexibility index (Phi) is 5.11. The Hall–Kier alpha value is -1.59. The average Bonchev–Trinajstić information content (AvgIpc) is 3.03. The number of piperidine rings is 1. The van der Waals surface area contributed by atoms with Gasteiger partial charge in [-0.15, -0.1) is 5.10 Å². The summed E-state index contributed by atoms with van der Waals surface area (Å²) in [5, 5.41) is 10.1. The molecule has 2 aliphatic rings. The third-order valence-electron chi connectivity index (χ3n) is 5.68. The van der Waals surface area contributed by atoms with E-state index >= 15 is 0 Å². The molecule has 2 heterocycles. The van der Waals surface area contributed by atoms with Gasteiger partial charge in [0.15, 0.2) is 0 Å². The third kappa shape index (κ3) is 4.08. The Labute approximate surface area is 144 Å². The van der Waals surface area contributed by atoms with E-state index in [4.69, 9.17) is 0 Å². The molecule has 0 radical (unpaired) electrons. The largest absolute Gasteiger partial charge is 0.340 e. The number of aromatic amines is 1. The molecule has 1 saturated carbocycles. The van der Waals surface area contributed by atoms with Crippen LogP contribution in [0.4, 0.5) is 11.9 Å². The van der Waals surface area contributed by atoms with Gasteiger partial charge in [0, 0.05) is 19.0 Å². The van der Waals surface area contributed by atoms with Crippen molar-refractivity contribution < 1.29 is 4.79 Å². The number of hydrogen-bond acceptors (Lipinski definition) is 4. The third-order valence-corrected chi connectivity index (χ3v) is 5.68. The highest BCUT2D eigenvalue weighted by molar-refractivity contribution is 5.91. The molecule has 1 aromatic heterocycles. The first kappa shape index (κ1) is 17.2. The molecule has 0 aromatic carbocycles. The SMILES string of the molecule is CC(C)(C)C1CCC(C(=O)Nc2nc(N3CCCCC3)n[nH]2)CC1. The van der Waals surface area contributed by atoms with Gasteiger partial charge in [-0.1, -0.05) is 20.8 Å². The molecule has 6 nitrogen and oxygen atoms in total. The molecule has 2 N–H and O–H groups in total. The standard InChI is InChI=1S/C18H31N5O/c1-18(2,3)14-9-7-13(8-10-14)15(24)19-16-20-17(22-21-16)23-11-5-4-6-12-23/h13-14H,4-12H2,1-3H3,(H2,19,20,21,22,24). The minimum absolute atomic E-state index is 0.0868. The molecule has 3 rings (SSSR count). The summed E-state index contributed by atoms with van der Waals surface area (Å²) in [5.41, 5.74) is 0.343. The highest BCUT2D eigenvalue weighted by Gasteiger charge is 2.32. The summed E-state index contributed by atoms with van der Waals surface area (Å²) in [6.45, 7) is 8.90. The number of nitrogens with zero attached hydrogens (tertiary/aromatic N) is 3. The zero-order chi connectivity index (χ0) is 17.2. The maximum Gasteiger partial charge on any atom is 0.246 e. The van der Waals surface area contributed by atoms with E-state index < -0.39 is 0 Å². The van der Waals surface area contributed by atoms with Gasteiger partial charge in [0.1, 0.15) is 0 Å². The summed E-state index contributed by atoms with van der Waals surface area (Å²) in [6, 6.07) is 0. The van der Waals surface area contributed by atoms with Crippen LogP contribution in [0.25, 0.3) is 0 Å². The van der Waals surface area contributed by atoms with E-state index in [1.54, 1.807) is 0 Å². The Morgan fingerprint density at radius 1 is 1.12 bits per heavy atom. The first-order chi connectivity index (χ1) is 11.4. The van der Waals surface area contributed by atoms with Crippen molar-refractivity contribution in [2.45, 2.75) is 65.7 Å². The van der Waals surface area contributed by atoms with E-state index in [9.17, 15) is 4.79 Å². The van der Waals surface area contributed by atoms with Gasteiger partial charge in [0.2, 0.25) is 17.8 Å². The Morgan fingerprint density at radius 3 is 2.42 bits per heavy atom. The quantitative estimate of drug-likeness (QED) is 0.886. The smallest absolute Gasteiger partial charge is 0.246 e. The van der Waals surface area contributed by atoms with Crippen molar-refractivity contribution >= 4 is 17.8 Å². The molecule has 0 unspecified atom stereocenters. The van der Waals surface area contributed by atoms with E-state index in [1.165, 1.54) is 19.3 Å². The molecular formula is C18H31N5O. The van der Waals surface area contributed by atoms with E-state index in [0.717, 1.165) is 44.7 Å². The summed E-state index contributed by atoms with van der Waals surface area (Å²) in [5.74, 6) is 2.10. The number of aromatic nitrogens is 3. The second-order valence-corrected chi connectivity index (χ2v) is 8.44. The highest BCUT2D eigenvalue weighted by Crippen LogP contribution is 2.40. The molecular weight excluding hydrogens is 302 g/mol. The predicted octanol–water partition coefficient (Wildman–Crippen LogP) is 3.59. The highest BCUT2D eigenvalue weighted by atomic mass is 16.2. The Morgan fingerprint density at radius 2 is 1.79 bits per heavy atom. The van der Waals surface area contributed by atoms with E-state index in [2.05, 4.69) is 46.2 Å². The predicted molar refractivity (Wildman–Crippen MR) is 96.0 cm³/mol. The van der Waals surface area contributed by atoms with Gasteiger partial charge < -0.3 is 4.90 Å². The fourth-order valence-electron chi connectivity index (χ4n) is 3.98. The van der Waals surface area contributed by atoms with Crippen LogP contribution in [-0.4, -0.2) is 34.2 Å². The molecule has 0 atom stereocenters. The number of carbonyl (C=O) groups excluding carboxylic acids is 1. The maximum atomic E-state index is 12.5. The number of carbonyl (C=O) groups is 1. The fourth-order valence-corrected chi connectivity index (χ4v) is 3.98.